The zero-order valence-corrected chi connectivity index (χ0v) is 18.4. The summed E-state index contributed by atoms with van der Waals surface area (Å²) < 4.78 is 29.0. The summed E-state index contributed by atoms with van der Waals surface area (Å²) in [5, 5.41) is 0. The first-order chi connectivity index (χ1) is 14.3. The van der Waals surface area contributed by atoms with Crippen molar-refractivity contribution in [1.82, 2.24) is 23.7 Å². The predicted octanol–water partition coefficient (Wildman–Crippen LogP) is 2.56. The summed E-state index contributed by atoms with van der Waals surface area (Å²) in [7, 11) is -3.54. The molecule has 2 aromatic rings. The molecule has 4 heterocycles. The molecule has 2 aliphatic rings. The molecule has 162 valence electrons. The van der Waals surface area contributed by atoms with Gasteiger partial charge >= 0.3 is 0 Å². The van der Waals surface area contributed by atoms with Crippen LogP contribution in [0.1, 0.15) is 50.0 Å². The number of sulfonamides is 1. The predicted molar refractivity (Wildman–Crippen MR) is 113 cm³/mol. The average Bonchev–Trinajstić information content (AvgIpc) is 3.24. The molecule has 8 nitrogen and oxygen atoms in total. The lowest BCUT2D eigenvalue weighted by Crippen LogP contribution is -2.39. The summed E-state index contributed by atoms with van der Waals surface area (Å²) in [6.07, 6.45) is 8.55. The Balaban J connectivity index is 1.48. The summed E-state index contributed by atoms with van der Waals surface area (Å²) in [6.45, 7) is 6.89. The van der Waals surface area contributed by atoms with Crippen LogP contribution in [0.3, 0.4) is 0 Å². The molecule has 0 saturated carbocycles. The third-order valence-electron chi connectivity index (χ3n) is 6.12. The van der Waals surface area contributed by atoms with E-state index in [1.165, 1.54) is 6.20 Å². The van der Waals surface area contributed by atoms with Crippen molar-refractivity contribution in [2.75, 3.05) is 26.2 Å². The average molecular weight is 432 g/mol. The van der Waals surface area contributed by atoms with Crippen molar-refractivity contribution < 1.29 is 13.2 Å². The Labute approximate surface area is 178 Å². The normalized spacial score (nSPS) is 21.7. The summed E-state index contributed by atoms with van der Waals surface area (Å²) in [5.74, 6) is 1.48. The van der Waals surface area contributed by atoms with Gasteiger partial charge in [0.25, 0.3) is 5.91 Å². The number of amides is 1. The molecule has 2 aliphatic heterocycles. The molecule has 0 radical (unpaired) electrons. The fourth-order valence-electron chi connectivity index (χ4n) is 4.12. The van der Waals surface area contributed by atoms with E-state index in [9.17, 15) is 13.2 Å². The maximum atomic E-state index is 12.9. The lowest BCUT2D eigenvalue weighted by atomic mass is 9.99. The lowest BCUT2D eigenvalue weighted by molar-refractivity contribution is 0.0692. The van der Waals surface area contributed by atoms with Crippen molar-refractivity contribution in [2.24, 2.45) is 11.8 Å². The Morgan fingerprint density at radius 2 is 1.80 bits per heavy atom. The van der Waals surface area contributed by atoms with Gasteiger partial charge in [0, 0.05) is 38.6 Å². The van der Waals surface area contributed by atoms with E-state index in [0.717, 1.165) is 38.8 Å². The number of nitrogens with zero attached hydrogens (tertiary/aromatic N) is 5. The maximum Gasteiger partial charge on any atom is 0.274 e. The molecule has 9 heteroatoms. The number of hydrogen-bond acceptors (Lipinski definition) is 5. The smallest absolute Gasteiger partial charge is 0.274 e. The summed E-state index contributed by atoms with van der Waals surface area (Å²) in [6, 6.07) is 3.23. The molecule has 4 rings (SSSR count). The summed E-state index contributed by atoms with van der Waals surface area (Å²) in [5.41, 5.74) is 0.380. The van der Waals surface area contributed by atoms with E-state index in [0.29, 0.717) is 36.4 Å². The molecule has 2 aromatic heterocycles. The quantitative estimate of drug-likeness (QED) is 0.742. The van der Waals surface area contributed by atoms with Gasteiger partial charge in [-0.05, 0) is 49.7 Å². The van der Waals surface area contributed by atoms with Crippen LogP contribution in [0.15, 0.2) is 35.7 Å². The number of piperidine rings is 2. The minimum atomic E-state index is -3.54. The van der Waals surface area contributed by atoms with Gasteiger partial charge in [-0.1, -0.05) is 13.8 Å². The molecule has 0 spiro atoms. The Bertz CT molecular complexity index is 994. The molecule has 1 atom stereocenters. The van der Waals surface area contributed by atoms with Gasteiger partial charge in [-0.25, -0.2) is 18.4 Å². The second-order valence-electron chi connectivity index (χ2n) is 8.60. The first-order valence-corrected chi connectivity index (χ1v) is 12.1. The van der Waals surface area contributed by atoms with Gasteiger partial charge in [-0.2, -0.15) is 4.31 Å². The molecule has 2 saturated heterocycles. The van der Waals surface area contributed by atoms with E-state index >= 15 is 0 Å². The number of carbonyl (C=O) groups excluding carboxylic acids is 1. The van der Waals surface area contributed by atoms with Gasteiger partial charge < -0.3 is 4.90 Å². The Morgan fingerprint density at radius 1 is 1.03 bits per heavy atom. The highest BCUT2D eigenvalue weighted by Crippen LogP contribution is 2.23. The van der Waals surface area contributed by atoms with Gasteiger partial charge in [0.1, 0.15) is 22.7 Å². The van der Waals surface area contributed by atoms with Crippen LogP contribution in [0.2, 0.25) is 0 Å². The number of carbonyl (C=O) groups is 1. The monoisotopic (exact) mass is 431 g/mol. The van der Waals surface area contributed by atoms with Crippen molar-refractivity contribution >= 4 is 15.9 Å². The third-order valence-corrected chi connectivity index (χ3v) is 7.96. The van der Waals surface area contributed by atoms with E-state index in [1.807, 2.05) is 4.90 Å². The van der Waals surface area contributed by atoms with Crippen LogP contribution >= 0.6 is 0 Å². The molecular weight excluding hydrogens is 402 g/mol. The fourth-order valence-corrected chi connectivity index (χ4v) is 5.67. The van der Waals surface area contributed by atoms with Crippen LogP contribution in [0.25, 0.3) is 5.82 Å². The zero-order valence-electron chi connectivity index (χ0n) is 17.6. The number of rotatable bonds is 4. The first kappa shape index (κ1) is 21.0. The molecule has 0 aromatic carbocycles. The molecule has 1 amide bonds. The topological polar surface area (TPSA) is 88.4 Å². The number of imidazole rings is 1. The van der Waals surface area contributed by atoms with E-state index in [1.54, 1.807) is 33.5 Å². The molecule has 0 aliphatic carbocycles. The highest BCUT2D eigenvalue weighted by molar-refractivity contribution is 7.89. The minimum Gasteiger partial charge on any atom is -0.337 e. The standard InChI is InChI=1S/C21H29N5O3S/c1-16-7-10-24(11-8-16)21(27)19-14-25(15-23-19)20-6-5-18(12-22-20)30(28,29)26-9-3-4-17(2)13-26/h5-6,12,14-17H,3-4,7-11,13H2,1-2H3. The minimum absolute atomic E-state index is 0.0703. The van der Waals surface area contributed by atoms with Crippen molar-refractivity contribution in [2.45, 2.75) is 44.4 Å². The second kappa shape index (κ2) is 8.47. The molecule has 2 fully saturated rings. The van der Waals surface area contributed by atoms with E-state index in [2.05, 4.69) is 23.8 Å². The zero-order chi connectivity index (χ0) is 21.3. The van der Waals surface area contributed by atoms with Crippen LogP contribution in [0, 0.1) is 11.8 Å². The van der Waals surface area contributed by atoms with Gasteiger partial charge in [-0.3, -0.25) is 9.36 Å². The molecule has 30 heavy (non-hydrogen) atoms. The van der Waals surface area contributed by atoms with Crippen LogP contribution in [0.4, 0.5) is 0 Å². The second-order valence-corrected chi connectivity index (χ2v) is 10.5. The Morgan fingerprint density at radius 3 is 2.47 bits per heavy atom. The molecular formula is C21H29N5O3S. The van der Waals surface area contributed by atoms with Crippen LogP contribution in [-0.2, 0) is 10.0 Å². The van der Waals surface area contributed by atoms with Crippen LogP contribution in [-0.4, -0.2) is 64.2 Å². The Hall–Kier alpha value is -2.26. The number of pyridine rings is 1. The van der Waals surface area contributed by atoms with Crippen molar-refractivity contribution in [1.29, 1.82) is 0 Å². The van der Waals surface area contributed by atoms with Crippen molar-refractivity contribution in [3.63, 3.8) is 0 Å². The van der Waals surface area contributed by atoms with Crippen LogP contribution < -0.4 is 0 Å². The number of hydrogen-bond donors (Lipinski definition) is 0. The van der Waals surface area contributed by atoms with E-state index in [4.69, 9.17) is 0 Å². The first-order valence-electron chi connectivity index (χ1n) is 10.6. The highest BCUT2D eigenvalue weighted by atomic mass is 32.2. The van der Waals surface area contributed by atoms with Gasteiger partial charge in [-0.15, -0.1) is 0 Å². The van der Waals surface area contributed by atoms with Gasteiger partial charge in [0.15, 0.2) is 0 Å². The molecule has 0 bridgehead atoms. The molecule has 0 N–H and O–H groups in total. The fraction of sp³-hybridized carbons (Fsp3) is 0.571. The van der Waals surface area contributed by atoms with Crippen molar-refractivity contribution in [3.8, 4) is 5.82 Å². The van der Waals surface area contributed by atoms with Gasteiger partial charge in [0.05, 0.1) is 0 Å². The SMILES string of the molecule is CC1CCN(C(=O)c2cn(-c3ccc(S(=O)(=O)N4CCCC(C)C4)cn3)cn2)CC1. The van der Waals surface area contributed by atoms with E-state index in [-0.39, 0.29) is 10.8 Å². The van der Waals surface area contributed by atoms with Gasteiger partial charge in [0.2, 0.25) is 10.0 Å². The highest BCUT2D eigenvalue weighted by Gasteiger charge is 2.29. The number of likely N-dealkylation sites (tertiary alicyclic amines) is 1. The number of aromatic nitrogens is 3. The van der Waals surface area contributed by atoms with E-state index < -0.39 is 10.0 Å². The third kappa shape index (κ3) is 4.27. The molecule has 1 unspecified atom stereocenters. The van der Waals surface area contributed by atoms with Crippen LogP contribution in [0.5, 0.6) is 0 Å². The lowest BCUT2D eigenvalue weighted by Gasteiger charge is -2.29. The summed E-state index contributed by atoms with van der Waals surface area (Å²) in [4.78, 5) is 23.3. The summed E-state index contributed by atoms with van der Waals surface area (Å²) >= 11 is 0. The largest absolute Gasteiger partial charge is 0.337 e. The van der Waals surface area contributed by atoms with Crippen molar-refractivity contribution in [3.05, 3.63) is 36.5 Å². The Kier molecular flexibility index (Phi) is 5.92. The maximum absolute atomic E-state index is 12.9.